The molecule has 9 nitrogen and oxygen atoms in total. The van der Waals surface area contributed by atoms with Crippen LogP contribution < -0.4 is 14.4 Å². The van der Waals surface area contributed by atoms with E-state index < -0.39 is 5.97 Å². The summed E-state index contributed by atoms with van der Waals surface area (Å²) in [7, 11) is 0. The van der Waals surface area contributed by atoms with Crippen LogP contribution in [0.2, 0.25) is 0 Å². The second-order valence-corrected chi connectivity index (χ2v) is 9.61. The fraction of sp³-hybridized carbons (Fsp3) is 0.577. The Hall–Kier alpha value is -3.23. The lowest BCUT2D eigenvalue weighted by Crippen LogP contribution is -2.36. The number of aromatic nitrogens is 3. The van der Waals surface area contributed by atoms with E-state index in [9.17, 15) is 4.79 Å². The Morgan fingerprint density at radius 3 is 2.77 bits per heavy atom. The summed E-state index contributed by atoms with van der Waals surface area (Å²) in [5, 5.41) is 9.03. The predicted octanol–water partition coefficient (Wildman–Crippen LogP) is 4.87. The highest BCUT2D eigenvalue weighted by molar-refractivity contribution is 6.20. The van der Waals surface area contributed by atoms with Crippen LogP contribution in [0, 0.1) is 5.92 Å². The fourth-order valence-corrected chi connectivity index (χ4v) is 5.15. The van der Waals surface area contributed by atoms with Gasteiger partial charge in [0.1, 0.15) is 12.2 Å². The molecule has 5 rings (SSSR count). The van der Waals surface area contributed by atoms with Crippen molar-refractivity contribution in [1.29, 1.82) is 0 Å². The highest BCUT2D eigenvalue weighted by atomic mass is 16.5. The van der Waals surface area contributed by atoms with Gasteiger partial charge in [-0.05, 0) is 50.2 Å². The molecule has 0 saturated heterocycles. The van der Waals surface area contributed by atoms with Crippen LogP contribution in [0.3, 0.4) is 0 Å². The minimum absolute atomic E-state index is 0.276. The van der Waals surface area contributed by atoms with Gasteiger partial charge in [0.2, 0.25) is 5.88 Å². The molecule has 1 aliphatic carbocycles. The van der Waals surface area contributed by atoms with Crippen molar-refractivity contribution >= 4 is 23.3 Å². The number of aliphatic carboxylic acids is 1. The van der Waals surface area contributed by atoms with Crippen molar-refractivity contribution in [2.24, 2.45) is 10.9 Å². The smallest absolute Gasteiger partial charge is 0.321 e. The van der Waals surface area contributed by atoms with Gasteiger partial charge in [-0.15, -0.1) is 0 Å². The van der Waals surface area contributed by atoms with Crippen molar-refractivity contribution in [3.8, 4) is 11.9 Å². The van der Waals surface area contributed by atoms with Gasteiger partial charge in [0, 0.05) is 18.0 Å². The minimum Gasteiger partial charge on any atom is -0.481 e. The number of rotatable bonds is 10. The number of aliphatic imine (C=N–C) groups is 1. The molecule has 0 aromatic carbocycles. The topological polar surface area (TPSA) is 110 Å². The zero-order valence-electron chi connectivity index (χ0n) is 20.3. The molecule has 0 spiro atoms. The summed E-state index contributed by atoms with van der Waals surface area (Å²) in [5.74, 6) is 1.95. The molecule has 4 heterocycles. The van der Waals surface area contributed by atoms with Crippen LogP contribution in [0.15, 0.2) is 23.3 Å². The van der Waals surface area contributed by atoms with Gasteiger partial charge in [-0.3, -0.25) is 9.78 Å². The van der Waals surface area contributed by atoms with E-state index in [4.69, 9.17) is 19.6 Å². The van der Waals surface area contributed by atoms with E-state index in [0.29, 0.717) is 49.3 Å². The third-order valence-corrected chi connectivity index (χ3v) is 7.12. The van der Waals surface area contributed by atoms with Crippen LogP contribution in [-0.2, 0) is 4.79 Å². The van der Waals surface area contributed by atoms with Crippen molar-refractivity contribution in [1.82, 2.24) is 15.0 Å². The minimum atomic E-state index is -0.697. The van der Waals surface area contributed by atoms with E-state index in [2.05, 4.69) is 38.9 Å². The quantitative estimate of drug-likeness (QED) is 0.481. The van der Waals surface area contributed by atoms with E-state index in [0.717, 1.165) is 61.3 Å². The molecule has 0 radical (unpaired) electrons. The lowest BCUT2D eigenvalue weighted by Gasteiger charge is -2.29. The van der Waals surface area contributed by atoms with Gasteiger partial charge in [-0.2, -0.15) is 9.97 Å². The number of ether oxygens (including phenoxy) is 2. The first kappa shape index (κ1) is 23.5. The molecule has 35 heavy (non-hydrogen) atoms. The summed E-state index contributed by atoms with van der Waals surface area (Å²) in [4.78, 5) is 31.5. The second-order valence-electron chi connectivity index (χ2n) is 9.61. The first-order valence-corrected chi connectivity index (χ1v) is 12.8. The molecule has 0 atom stereocenters. The number of pyridine rings is 1. The zero-order valence-corrected chi connectivity index (χ0v) is 20.3. The number of carboxylic acid groups (broad SMARTS) is 1. The van der Waals surface area contributed by atoms with E-state index in [1.165, 1.54) is 12.8 Å². The molecule has 0 unspecified atom stereocenters. The van der Waals surface area contributed by atoms with Crippen molar-refractivity contribution in [3.05, 3.63) is 29.6 Å². The van der Waals surface area contributed by atoms with E-state index in [1.54, 1.807) is 0 Å². The molecule has 0 amide bonds. The average Bonchev–Trinajstić information content (AvgIpc) is 3.01. The van der Waals surface area contributed by atoms with Crippen molar-refractivity contribution in [2.45, 2.75) is 70.6 Å². The van der Waals surface area contributed by atoms with E-state index in [-0.39, 0.29) is 6.42 Å². The van der Waals surface area contributed by atoms with Crippen LogP contribution in [0.1, 0.15) is 81.9 Å². The summed E-state index contributed by atoms with van der Waals surface area (Å²) in [6, 6.07) is 4.51. The molecule has 1 saturated carbocycles. The number of nitrogens with zero attached hydrogens (tertiary/aromatic N) is 5. The number of amidine groups is 1. The first-order valence-electron chi connectivity index (χ1n) is 12.8. The van der Waals surface area contributed by atoms with Crippen molar-refractivity contribution in [2.75, 3.05) is 24.7 Å². The average molecular weight is 480 g/mol. The van der Waals surface area contributed by atoms with Crippen molar-refractivity contribution < 1.29 is 19.4 Å². The number of carboxylic acids is 1. The molecule has 2 aromatic heterocycles. The van der Waals surface area contributed by atoms with Gasteiger partial charge in [0.25, 0.3) is 0 Å². The van der Waals surface area contributed by atoms with Gasteiger partial charge < -0.3 is 19.5 Å². The Morgan fingerprint density at radius 2 is 2.03 bits per heavy atom. The number of unbranched alkanes of at least 4 members (excludes halogenated alkanes) is 3. The van der Waals surface area contributed by atoms with Crippen LogP contribution in [-0.4, -0.2) is 51.6 Å². The Kier molecular flexibility index (Phi) is 7.11. The number of hydrogen-bond donors (Lipinski definition) is 1. The Morgan fingerprint density at radius 1 is 1.17 bits per heavy atom. The molecule has 2 aliphatic heterocycles. The SMILES string of the molecule is CCCCCCOc1nc2c3c(n1)OCCN(c1ccc([C@H]4CC[C@@H](CC(=O)O)CC4)nc1)C3=N2. The highest BCUT2D eigenvalue weighted by Crippen LogP contribution is 2.40. The first-order chi connectivity index (χ1) is 17.1. The molecule has 1 N–H and O–H groups in total. The maximum atomic E-state index is 11.0. The fourth-order valence-electron chi connectivity index (χ4n) is 5.15. The largest absolute Gasteiger partial charge is 0.481 e. The van der Waals surface area contributed by atoms with Gasteiger partial charge in [0.05, 0.1) is 25.0 Å². The third-order valence-electron chi connectivity index (χ3n) is 7.12. The van der Waals surface area contributed by atoms with E-state index in [1.807, 2.05) is 6.20 Å². The third kappa shape index (κ3) is 5.23. The number of anilines is 1. The van der Waals surface area contributed by atoms with Crippen molar-refractivity contribution in [3.63, 3.8) is 0 Å². The zero-order chi connectivity index (χ0) is 24.2. The molecule has 9 heteroatoms. The van der Waals surface area contributed by atoms with Gasteiger partial charge in [-0.1, -0.05) is 26.2 Å². The van der Waals surface area contributed by atoms with E-state index >= 15 is 0 Å². The molecule has 0 bridgehead atoms. The Bertz CT molecular complexity index is 1080. The Labute approximate surface area is 205 Å². The number of carbonyl (C=O) groups is 1. The standard InChI is InChI=1S/C26H33N5O4/c1-2-3-4-5-13-35-26-29-23-22-24(28-23)31(12-14-34-25(22)30-26)19-10-11-20(27-16-19)18-8-6-17(7-9-18)15-21(32)33/h10-11,16-18H,2-9,12-15H2,1H3,(H,32,33)/t17-,18+. The summed E-state index contributed by atoms with van der Waals surface area (Å²) >= 11 is 0. The van der Waals surface area contributed by atoms with Crippen LogP contribution in [0.4, 0.5) is 11.5 Å². The predicted molar refractivity (Wildman–Crippen MR) is 132 cm³/mol. The summed E-state index contributed by atoms with van der Waals surface area (Å²) < 4.78 is 11.7. The molecule has 1 fully saturated rings. The van der Waals surface area contributed by atoms with Crippen LogP contribution in [0.25, 0.3) is 0 Å². The Balaban J connectivity index is 1.22. The monoisotopic (exact) mass is 479 g/mol. The van der Waals surface area contributed by atoms with Crippen LogP contribution >= 0.6 is 0 Å². The maximum Gasteiger partial charge on any atom is 0.321 e. The molecular formula is C26H33N5O4. The lowest BCUT2D eigenvalue weighted by atomic mass is 9.79. The normalized spacial score (nSPS) is 20.7. The lowest BCUT2D eigenvalue weighted by molar-refractivity contribution is -0.138. The molecular weight excluding hydrogens is 446 g/mol. The number of hydrogen-bond acceptors (Lipinski definition) is 8. The second kappa shape index (κ2) is 10.6. The molecule has 3 aliphatic rings. The summed E-state index contributed by atoms with van der Waals surface area (Å²) in [6.45, 7) is 3.91. The summed E-state index contributed by atoms with van der Waals surface area (Å²) in [5.41, 5.74) is 2.88. The van der Waals surface area contributed by atoms with Gasteiger partial charge >= 0.3 is 12.0 Å². The summed E-state index contributed by atoms with van der Waals surface area (Å²) in [6.07, 6.45) is 10.6. The highest BCUT2D eigenvalue weighted by Gasteiger charge is 2.35. The molecule has 186 valence electrons. The van der Waals surface area contributed by atoms with Gasteiger partial charge in [-0.25, -0.2) is 4.99 Å². The maximum absolute atomic E-state index is 11.0. The van der Waals surface area contributed by atoms with Crippen LogP contribution in [0.5, 0.6) is 11.9 Å². The van der Waals surface area contributed by atoms with Gasteiger partial charge in [0.15, 0.2) is 11.7 Å². The molecule has 2 aromatic rings.